The van der Waals surface area contributed by atoms with Crippen molar-refractivity contribution in [3.05, 3.63) is 29.8 Å². The first kappa shape index (κ1) is 20.1. The molecule has 0 radical (unpaired) electrons. The number of rotatable bonds is 6. The lowest BCUT2D eigenvalue weighted by molar-refractivity contribution is -0.132. The molecule has 24 heavy (non-hydrogen) atoms. The van der Waals surface area contributed by atoms with Crippen molar-refractivity contribution in [2.45, 2.75) is 27.3 Å². The summed E-state index contributed by atoms with van der Waals surface area (Å²) in [5.41, 5.74) is 7.64. The van der Waals surface area contributed by atoms with Crippen LogP contribution in [-0.4, -0.2) is 51.2 Å². The number of aryl methyl sites for hydroxylation is 1. The average Bonchev–Trinajstić information content (AvgIpc) is 2.96. The van der Waals surface area contributed by atoms with Gasteiger partial charge in [0.2, 0.25) is 11.7 Å². The molecule has 0 aliphatic heterocycles. The predicted molar refractivity (Wildman–Crippen MR) is 95.7 cm³/mol. The Labute approximate surface area is 148 Å². The number of tetrazole rings is 1. The van der Waals surface area contributed by atoms with E-state index in [1.165, 1.54) is 10.4 Å². The van der Waals surface area contributed by atoms with Gasteiger partial charge in [0, 0.05) is 19.2 Å². The highest BCUT2D eigenvalue weighted by Gasteiger charge is 2.21. The van der Waals surface area contributed by atoms with E-state index in [-0.39, 0.29) is 30.3 Å². The van der Waals surface area contributed by atoms with Crippen molar-refractivity contribution in [2.24, 2.45) is 11.1 Å². The van der Waals surface area contributed by atoms with Gasteiger partial charge in [0.1, 0.15) is 6.54 Å². The highest BCUT2D eigenvalue weighted by atomic mass is 35.5. The number of hydrogen-bond acceptors (Lipinski definition) is 5. The van der Waals surface area contributed by atoms with E-state index >= 15 is 0 Å². The fraction of sp³-hybridized carbons (Fsp3) is 0.500. The number of halogens is 1. The molecule has 2 aromatic rings. The number of likely N-dealkylation sites (N-methyl/N-ethyl adjacent to an activating group) is 1. The summed E-state index contributed by atoms with van der Waals surface area (Å²) in [6.07, 6.45) is 0. The van der Waals surface area contributed by atoms with Gasteiger partial charge in [-0.1, -0.05) is 43.7 Å². The molecule has 0 aliphatic carbocycles. The Hall–Kier alpha value is -1.99. The van der Waals surface area contributed by atoms with Crippen molar-refractivity contribution in [3.63, 3.8) is 0 Å². The fourth-order valence-electron chi connectivity index (χ4n) is 2.16. The molecule has 0 bridgehead atoms. The van der Waals surface area contributed by atoms with E-state index in [1.54, 1.807) is 11.9 Å². The number of nitrogens with two attached hydrogens (primary N) is 1. The summed E-state index contributed by atoms with van der Waals surface area (Å²) in [6.45, 7) is 7.24. The van der Waals surface area contributed by atoms with Gasteiger partial charge in [-0.2, -0.15) is 4.80 Å². The van der Waals surface area contributed by atoms with Crippen molar-refractivity contribution in [3.8, 4) is 11.4 Å². The maximum Gasteiger partial charge on any atom is 0.246 e. The van der Waals surface area contributed by atoms with E-state index in [9.17, 15) is 4.79 Å². The first-order valence-corrected chi connectivity index (χ1v) is 7.59. The molecule has 8 heteroatoms. The van der Waals surface area contributed by atoms with Crippen LogP contribution in [-0.2, 0) is 11.3 Å². The number of benzene rings is 1. The molecular formula is C16H25ClN6O. The summed E-state index contributed by atoms with van der Waals surface area (Å²) in [7, 11) is 1.76. The minimum absolute atomic E-state index is 0. The van der Waals surface area contributed by atoms with Crippen molar-refractivity contribution >= 4 is 18.3 Å². The van der Waals surface area contributed by atoms with E-state index in [2.05, 4.69) is 15.4 Å². The lowest BCUT2D eigenvalue weighted by Gasteiger charge is -2.28. The summed E-state index contributed by atoms with van der Waals surface area (Å²) in [5.74, 6) is 0.446. The van der Waals surface area contributed by atoms with Crippen LogP contribution in [0.4, 0.5) is 0 Å². The first-order chi connectivity index (χ1) is 10.8. The zero-order chi connectivity index (χ0) is 17.0. The third-order valence-electron chi connectivity index (χ3n) is 3.68. The molecule has 0 aliphatic rings. The Morgan fingerprint density at radius 3 is 2.50 bits per heavy atom. The monoisotopic (exact) mass is 352 g/mol. The van der Waals surface area contributed by atoms with E-state index in [0.717, 1.165) is 5.56 Å². The van der Waals surface area contributed by atoms with Crippen LogP contribution in [0.25, 0.3) is 11.4 Å². The second kappa shape index (κ2) is 8.21. The standard InChI is InChI=1S/C16H24N6O.ClH/c1-12-5-7-13(8-6-12)15-18-20-22(19-15)9-14(23)21(4)11-16(2,3)10-17;/h5-8H,9-11,17H2,1-4H3;1H. The van der Waals surface area contributed by atoms with Gasteiger partial charge in [-0.05, 0) is 24.1 Å². The van der Waals surface area contributed by atoms with Crippen LogP contribution in [0.5, 0.6) is 0 Å². The Morgan fingerprint density at radius 1 is 1.29 bits per heavy atom. The number of carbonyl (C=O) groups excluding carboxylic acids is 1. The Bertz CT molecular complexity index is 667. The number of amides is 1. The Morgan fingerprint density at radius 2 is 1.92 bits per heavy atom. The minimum atomic E-state index is -0.118. The summed E-state index contributed by atoms with van der Waals surface area (Å²) >= 11 is 0. The number of hydrogen-bond donors (Lipinski definition) is 1. The number of nitrogens with zero attached hydrogens (tertiary/aromatic N) is 5. The van der Waals surface area contributed by atoms with Gasteiger partial charge in [-0.25, -0.2) is 0 Å². The predicted octanol–water partition coefficient (Wildman–Crippen LogP) is 1.51. The van der Waals surface area contributed by atoms with E-state index in [4.69, 9.17) is 5.73 Å². The number of carbonyl (C=O) groups is 1. The van der Waals surface area contributed by atoms with Crippen LogP contribution in [0, 0.1) is 12.3 Å². The van der Waals surface area contributed by atoms with Gasteiger partial charge in [-0.15, -0.1) is 22.6 Å². The van der Waals surface area contributed by atoms with Gasteiger partial charge >= 0.3 is 0 Å². The van der Waals surface area contributed by atoms with Gasteiger partial charge in [0.05, 0.1) is 0 Å². The quantitative estimate of drug-likeness (QED) is 0.851. The molecule has 1 aromatic carbocycles. The minimum Gasteiger partial charge on any atom is -0.344 e. The highest BCUT2D eigenvalue weighted by Crippen LogP contribution is 2.15. The molecule has 2 rings (SSSR count). The topological polar surface area (TPSA) is 89.9 Å². The Balaban J connectivity index is 0.00000288. The van der Waals surface area contributed by atoms with Crippen LogP contribution < -0.4 is 5.73 Å². The smallest absolute Gasteiger partial charge is 0.246 e. The van der Waals surface area contributed by atoms with Crippen LogP contribution in [0.3, 0.4) is 0 Å². The normalized spacial score (nSPS) is 11.0. The molecule has 0 saturated heterocycles. The SMILES string of the molecule is Cc1ccc(-c2nnn(CC(=O)N(C)CC(C)(C)CN)n2)cc1.Cl. The van der Waals surface area contributed by atoms with Crippen molar-refractivity contribution in [1.82, 2.24) is 25.1 Å². The van der Waals surface area contributed by atoms with E-state index in [0.29, 0.717) is 18.9 Å². The largest absolute Gasteiger partial charge is 0.344 e. The third kappa shape index (κ3) is 5.28. The zero-order valence-electron chi connectivity index (χ0n) is 14.6. The number of aromatic nitrogens is 4. The summed E-state index contributed by atoms with van der Waals surface area (Å²) in [4.78, 5) is 15.2. The maximum absolute atomic E-state index is 12.3. The van der Waals surface area contributed by atoms with Crippen LogP contribution in [0.2, 0.25) is 0 Å². The molecule has 0 unspecified atom stereocenters. The van der Waals surface area contributed by atoms with Crippen LogP contribution in [0.1, 0.15) is 19.4 Å². The molecule has 0 spiro atoms. The molecule has 0 saturated carbocycles. The second-order valence-electron chi connectivity index (χ2n) is 6.63. The molecule has 0 fully saturated rings. The lowest BCUT2D eigenvalue weighted by atomic mass is 9.93. The third-order valence-corrected chi connectivity index (χ3v) is 3.68. The van der Waals surface area contributed by atoms with Gasteiger partial charge in [-0.3, -0.25) is 4.79 Å². The summed E-state index contributed by atoms with van der Waals surface area (Å²) in [5, 5.41) is 12.2. The second-order valence-corrected chi connectivity index (χ2v) is 6.63. The zero-order valence-corrected chi connectivity index (χ0v) is 15.4. The van der Waals surface area contributed by atoms with E-state index in [1.807, 2.05) is 45.0 Å². The molecule has 7 nitrogen and oxygen atoms in total. The lowest BCUT2D eigenvalue weighted by Crippen LogP contribution is -2.41. The highest BCUT2D eigenvalue weighted by molar-refractivity contribution is 5.85. The fourth-order valence-corrected chi connectivity index (χ4v) is 2.16. The summed E-state index contributed by atoms with van der Waals surface area (Å²) in [6, 6.07) is 7.86. The molecule has 132 valence electrons. The molecule has 0 atom stereocenters. The maximum atomic E-state index is 12.3. The van der Waals surface area contributed by atoms with Gasteiger partial charge in [0.15, 0.2) is 0 Å². The average molecular weight is 353 g/mol. The van der Waals surface area contributed by atoms with Crippen molar-refractivity contribution in [1.29, 1.82) is 0 Å². The van der Waals surface area contributed by atoms with Crippen molar-refractivity contribution in [2.75, 3.05) is 20.1 Å². The summed E-state index contributed by atoms with van der Waals surface area (Å²) < 4.78 is 0. The van der Waals surface area contributed by atoms with Crippen LogP contribution in [0.15, 0.2) is 24.3 Å². The van der Waals surface area contributed by atoms with Gasteiger partial charge in [0.25, 0.3) is 0 Å². The van der Waals surface area contributed by atoms with Crippen LogP contribution >= 0.6 is 12.4 Å². The van der Waals surface area contributed by atoms with E-state index < -0.39 is 0 Å². The van der Waals surface area contributed by atoms with Gasteiger partial charge < -0.3 is 10.6 Å². The molecular weight excluding hydrogens is 328 g/mol. The Kier molecular flexibility index (Phi) is 6.86. The molecule has 2 N–H and O–H groups in total. The first-order valence-electron chi connectivity index (χ1n) is 7.59. The molecule has 1 aromatic heterocycles. The molecule has 1 amide bonds. The van der Waals surface area contributed by atoms with Crippen molar-refractivity contribution < 1.29 is 4.79 Å². The molecule has 1 heterocycles.